The first-order valence-corrected chi connectivity index (χ1v) is 5.75. The van der Waals surface area contributed by atoms with Crippen molar-refractivity contribution in [3.63, 3.8) is 0 Å². The van der Waals surface area contributed by atoms with Gasteiger partial charge in [0.25, 0.3) is 0 Å². The minimum Gasteiger partial charge on any atom is -0.478 e. The molecule has 1 heterocycles. The Kier molecular flexibility index (Phi) is 3.65. The summed E-state index contributed by atoms with van der Waals surface area (Å²) in [5.74, 6) is -0.798. The first-order valence-electron chi connectivity index (χ1n) is 5.75. The van der Waals surface area contributed by atoms with Gasteiger partial charge in [-0.25, -0.2) is 9.78 Å². The van der Waals surface area contributed by atoms with E-state index >= 15 is 0 Å². The minimum atomic E-state index is -0.988. The van der Waals surface area contributed by atoms with Gasteiger partial charge in [0.1, 0.15) is 5.75 Å². The fraction of sp³-hybridized carbons (Fsp3) is 0.0714. The number of aromatic carboxylic acids is 1. The number of nitrogens with zero attached hydrogens (tertiary/aromatic N) is 1. The molecule has 0 bridgehead atoms. The molecule has 1 amide bonds. The molecule has 0 saturated carbocycles. The van der Waals surface area contributed by atoms with Crippen LogP contribution in [0.4, 0.5) is 0 Å². The molecule has 0 unspecified atom stereocenters. The van der Waals surface area contributed by atoms with Gasteiger partial charge in [-0.15, -0.1) is 0 Å². The topological polar surface area (TPSA) is 103 Å². The summed E-state index contributed by atoms with van der Waals surface area (Å²) < 4.78 is 5.47. The second kappa shape index (κ2) is 5.40. The van der Waals surface area contributed by atoms with E-state index in [1.807, 2.05) is 0 Å². The second-order valence-corrected chi connectivity index (χ2v) is 4.13. The van der Waals surface area contributed by atoms with Crippen LogP contribution in [0.1, 0.15) is 26.3 Å². The van der Waals surface area contributed by atoms with Crippen molar-refractivity contribution < 1.29 is 19.4 Å². The van der Waals surface area contributed by atoms with Crippen LogP contribution in [0.25, 0.3) is 0 Å². The van der Waals surface area contributed by atoms with E-state index in [0.29, 0.717) is 11.3 Å². The molecule has 0 aliphatic carbocycles. The first-order chi connectivity index (χ1) is 9.47. The van der Waals surface area contributed by atoms with Crippen molar-refractivity contribution in [1.82, 2.24) is 4.98 Å². The van der Waals surface area contributed by atoms with E-state index in [2.05, 4.69) is 4.98 Å². The van der Waals surface area contributed by atoms with Crippen molar-refractivity contribution in [2.75, 3.05) is 0 Å². The van der Waals surface area contributed by atoms with Crippen molar-refractivity contribution in [2.24, 2.45) is 5.73 Å². The minimum absolute atomic E-state index is 0.217. The number of rotatable bonds is 4. The average Bonchev–Trinajstić information content (AvgIpc) is 2.39. The lowest BCUT2D eigenvalue weighted by molar-refractivity contribution is 0.0696. The van der Waals surface area contributed by atoms with E-state index in [-0.39, 0.29) is 17.0 Å². The third-order valence-corrected chi connectivity index (χ3v) is 2.67. The number of hydrogen-bond donors (Lipinski definition) is 2. The highest BCUT2D eigenvalue weighted by Gasteiger charge is 2.08. The maximum Gasteiger partial charge on any atom is 0.335 e. The van der Waals surface area contributed by atoms with Crippen LogP contribution in [0.15, 0.2) is 36.5 Å². The molecule has 0 aliphatic rings. The summed E-state index contributed by atoms with van der Waals surface area (Å²) in [6.07, 6.45) is 1.32. The zero-order chi connectivity index (χ0) is 14.7. The number of hydrogen-bond acceptors (Lipinski definition) is 4. The first kappa shape index (κ1) is 13.5. The van der Waals surface area contributed by atoms with Gasteiger partial charge in [0.2, 0.25) is 11.8 Å². The number of primary amides is 1. The highest BCUT2D eigenvalue weighted by molar-refractivity contribution is 5.92. The van der Waals surface area contributed by atoms with E-state index in [9.17, 15) is 9.59 Å². The van der Waals surface area contributed by atoms with E-state index in [1.165, 1.54) is 24.4 Å². The number of aromatic nitrogens is 1. The lowest BCUT2D eigenvalue weighted by Gasteiger charge is -2.07. The second-order valence-electron chi connectivity index (χ2n) is 4.13. The average molecular weight is 272 g/mol. The van der Waals surface area contributed by atoms with Gasteiger partial charge >= 0.3 is 5.97 Å². The zero-order valence-corrected chi connectivity index (χ0v) is 10.7. The summed E-state index contributed by atoms with van der Waals surface area (Å²) in [6, 6.07) is 7.63. The van der Waals surface area contributed by atoms with E-state index in [4.69, 9.17) is 15.6 Å². The van der Waals surface area contributed by atoms with Crippen molar-refractivity contribution in [3.8, 4) is 11.6 Å². The Morgan fingerprint density at radius 2 is 2.00 bits per heavy atom. The van der Waals surface area contributed by atoms with Crippen LogP contribution in [-0.4, -0.2) is 22.0 Å². The summed E-state index contributed by atoms with van der Waals surface area (Å²) in [7, 11) is 0. The number of pyridine rings is 1. The van der Waals surface area contributed by atoms with Gasteiger partial charge in [-0.05, 0) is 36.8 Å². The maximum absolute atomic E-state index is 10.9. The number of carbonyl (C=O) groups excluding carboxylic acids is 1. The predicted octanol–water partition coefficient (Wildman–Crippen LogP) is 1.98. The molecular formula is C14H12N2O4. The van der Waals surface area contributed by atoms with Crippen LogP contribution in [0.5, 0.6) is 11.6 Å². The maximum atomic E-state index is 10.9. The van der Waals surface area contributed by atoms with Gasteiger partial charge in [-0.2, -0.15) is 0 Å². The smallest absolute Gasteiger partial charge is 0.335 e. The summed E-state index contributed by atoms with van der Waals surface area (Å²) in [5.41, 5.74) is 6.20. The Morgan fingerprint density at radius 3 is 2.50 bits per heavy atom. The van der Waals surface area contributed by atoms with Crippen LogP contribution in [0, 0.1) is 6.92 Å². The fourth-order valence-electron chi connectivity index (χ4n) is 1.65. The quantitative estimate of drug-likeness (QED) is 0.885. The van der Waals surface area contributed by atoms with Gasteiger partial charge in [0.15, 0.2) is 0 Å². The van der Waals surface area contributed by atoms with Gasteiger partial charge in [0, 0.05) is 12.3 Å². The van der Waals surface area contributed by atoms with Crippen molar-refractivity contribution >= 4 is 11.9 Å². The predicted molar refractivity (Wildman–Crippen MR) is 71.0 cm³/mol. The summed E-state index contributed by atoms with van der Waals surface area (Å²) in [4.78, 5) is 25.7. The monoisotopic (exact) mass is 272 g/mol. The molecule has 1 aromatic carbocycles. The fourth-order valence-corrected chi connectivity index (χ4v) is 1.65. The third kappa shape index (κ3) is 2.92. The number of benzene rings is 1. The molecule has 6 heteroatoms. The van der Waals surface area contributed by atoms with Crippen LogP contribution in [0.3, 0.4) is 0 Å². The Morgan fingerprint density at radius 1 is 1.25 bits per heavy atom. The summed E-state index contributed by atoms with van der Waals surface area (Å²) in [6.45, 7) is 1.68. The van der Waals surface area contributed by atoms with E-state index in [1.54, 1.807) is 19.1 Å². The molecule has 20 heavy (non-hydrogen) atoms. The Labute approximate surface area is 114 Å². The van der Waals surface area contributed by atoms with Crippen molar-refractivity contribution in [2.45, 2.75) is 6.92 Å². The number of nitrogens with two attached hydrogens (primary N) is 1. The van der Waals surface area contributed by atoms with Crippen LogP contribution in [0.2, 0.25) is 0 Å². The zero-order valence-electron chi connectivity index (χ0n) is 10.7. The number of carbonyl (C=O) groups is 2. The summed E-state index contributed by atoms with van der Waals surface area (Å²) in [5, 5.41) is 8.93. The number of aryl methyl sites for hydroxylation is 1. The molecule has 0 fully saturated rings. The summed E-state index contributed by atoms with van der Waals surface area (Å²) >= 11 is 0. The molecule has 102 valence electrons. The number of carboxylic acids is 1. The van der Waals surface area contributed by atoms with Gasteiger partial charge in [0.05, 0.1) is 11.1 Å². The van der Waals surface area contributed by atoms with Gasteiger partial charge < -0.3 is 15.6 Å². The van der Waals surface area contributed by atoms with Crippen molar-refractivity contribution in [1.29, 1.82) is 0 Å². The standard InChI is InChI=1S/C14H12N2O4/c1-8-6-10(3-4-11(8)14(18)19)20-12-5-2-9(7-16-12)13(15)17/h2-7H,1H3,(H2,15,17)(H,18,19). The number of ether oxygens (including phenoxy) is 1. The molecule has 6 nitrogen and oxygen atoms in total. The molecule has 0 saturated heterocycles. The lowest BCUT2D eigenvalue weighted by Crippen LogP contribution is -2.10. The lowest BCUT2D eigenvalue weighted by atomic mass is 10.1. The molecule has 0 atom stereocenters. The molecule has 0 spiro atoms. The molecule has 3 N–H and O–H groups in total. The SMILES string of the molecule is Cc1cc(Oc2ccc(C(N)=O)cn2)ccc1C(=O)O. The van der Waals surface area contributed by atoms with Crippen LogP contribution in [-0.2, 0) is 0 Å². The molecule has 0 aliphatic heterocycles. The van der Waals surface area contributed by atoms with Crippen LogP contribution < -0.4 is 10.5 Å². The highest BCUT2D eigenvalue weighted by Crippen LogP contribution is 2.22. The van der Waals surface area contributed by atoms with Crippen molar-refractivity contribution in [3.05, 3.63) is 53.2 Å². The van der Waals surface area contributed by atoms with Gasteiger partial charge in [-0.1, -0.05) is 0 Å². The molecule has 1 aromatic heterocycles. The van der Waals surface area contributed by atoms with E-state index < -0.39 is 11.9 Å². The molecule has 2 rings (SSSR count). The Hall–Kier alpha value is -2.89. The van der Waals surface area contributed by atoms with Gasteiger partial charge in [-0.3, -0.25) is 4.79 Å². The molecule has 2 aromatic rings. The highest BCUT2D eigenvalue weighted by atomic mass is 16.5. The van der Waals surface area contributed by atoms with Crippen LogP contribution >= 0.6 is 0 Å². The Bertz CT molecular complexity index is 665. The van der Waals surface area contributed by atoms with E-state index in [0.717, 1.165) is 0 Å². The number of carboxylic acid groups (broad SMARTS) is 1. The molecule has 0 radical (unpaired) electrons. The normalized spacial score (nSPS) is 10.1. The Balaban J connectivity index is 2.19. The largest absolute Gasteiger partial charge is 0.478 e. The number of amides is 1. The molecular weight excluding hydrogens is 260 g/mol. The third-order valence-electron chi connectivity index (χ3n) is 2.67.